The molecule has 2 aromatic carbocycles. The van der Waals surface area contributed by atoms with Gasteiger partial charge >= 0.3 is 0 Å². The van der Waals surface area contributed by atoms with Crippen molar-refractivity contribution in [3.8, 4) is 0 Å². The molecule has 0 spiro atoms. The number of nitrogens with two attached hydrogens (primary N) is 1. The average Bonchev–Trinajstić information content (AvgIpc) is 2.39. The Kier molecular flexibility index (Phi) is 3.89. The number of benzene rings is 2. The summed E-state index contributed by atoms with van der Waals surface area (Å²) in [5, 5.41) is 14.1. The Morgan fingerprint density at radius 2 is 1.85 bits per heavy atom. The Bertz CT molecular complexity index is 624. The molecule has 0 aliphatic heterocycles. The van der Waals surface area contributed by atoms with E-state index in [1.165, 1.54) is 6.07 Å². The highest BCUT2D eigenvalue weighted by molar-refractivity contribution is 5.54. The molecule has 0 aromatic heterocycles. The number of anilines is 2. The molecule has 2 rings (SSSR count). The number of hydrogen-bond donors (Lipinski definition) is 2. The van der Waals surface area contributed by atoms with Gasteiger partial charge in [0.1, 0.15) is 0 Å². The summed E-state index contributed by atoms with van der Waals surface area (Å²) in [6.07, 6.45) is 0. The third-order valence-electron chi connectivity index (χ3n) is 3.21. The summed E-state index contributed by atoms with van der Waals surface area (Å²) in [4.78, 5) is 10.4. The number of nitrogen functional groups attached to an aromatic ring is 1. The predicted octanol–water partition coefficient (Wildman–Crippen LogP) is 3.66. The van der Waals surface area contributed by atoms with Crippen LogP contribution in [0.4, 0.5) is 17.1 Å². The molecule has 0 fully saturated rings. The molecule has 1 unspecified atom stereocenters. The summed E-state index contributed by atoms with van der Waals surface area (Å²) in [5.41, 5.74) is 9.13. The topological polar surface area (TPSA) is 81.2 Å². The molecule has 0 aliphatic rings. The Morgan fingerprint density at radius 3 is 2.40 bits per heavy atom. The molecular formula is C15H17N3O2. The number of nitrogens with zero attached hydrogens (tertiary/aromatic N) is 1. The van der Waals surface area contributed by atoms with Gasteiger partial charge in [0, 0.05) is 29.0 Å². The lowest BCUT2D eigenvalue weighted by atomic mass is 10.1. The first-order valence-electron chi connectivity index (χ1n) is 6.34. The molecule has 0 bridgehead atoms. The van der Waals surface area contributed by atoms with E-state index in [0.29, 0.717) is 5.56 Å². The highest BCUT2D eigenvalue weighted by atomic mass is 16.6. The predicted molar refractivity (Wildman–Crippen MR) is 80.7 cm³/mol. The van der Waals surface area contributed by atoms with Crippen molar-refractivity contribution < 1.29 is 4.92 Å². The third kappa shape index (κ3) is 3.06. The van der Waals surface area contributed by atoms with Gasteiger partial charge in [0.05, 0.1) is 4.92 Å². The summed E-state index contributed by atoms with van der Waals surface area (Å²) in [6.45, 7) is 3.76. The van der Waals surface area contributed by atoms with Crippen molar-refractivity contribution in [2.75, 3.05) is 11.1 Å². The highest BCUT2D eigenvalue weighted by Crippen LogP contribution is 2.25. The van der Waals surface area contributed by atoms with Crippen molar-refractivity contribution in [1.29, 1.82) is 0 Å². The number of rotatable bonds is 4. The van der Waals surface area contributed by atoms with E-state index in [1.54, 1.807) is 19.1 Å². The second kappa shape index (κ2) is 5.61. The van der Waals surface area contributed by atoms with Crippen LogP contribution in [0.5, 0.6) is 0 Å². The van der Waals surface area contributed by atoms with Gasteiger partial charge < -0.3 is 11.1 Å². The minimum atomic E-state index is -0.373. The summed E-state index contributed by atoms with van der Waals surface area (Å²) < 4.78 is 0. The van der Waals surface area contributed by atoms with Gasteiger partial charge in [-0.2, -0.15) is 0 Å². The molecular weight excluding hydrogens is 254 g/mol. The molecule has 20 heavy (non-hydrogen) atoms. The molecule has 104 valence electrons. The van der Waals surface area contributed by atoms with Gasteiger partial charge in [-0.1, -0.05) is 12.1 Å². The van der Waals surface area contributed by atoms with Gasteiger partial charge in [0.2, 0.25) is 0 Å². The van der Waals surface area contributed by atoms with Crippen molar-refractivity contribution in [3.63, 3.8) is 0 Å². The maximum Gasteiger partial charge on any atom is 0.272 e. The Balaban J connectivity index is 2.15. The van der Waals surface area contributed by atoms with Gasteiger partial charge in [-0.05, 0) is 43.7 Å². The van der Waals surface area contributed by atoms with Gasteiger partial charge in [-0.25, -0.2) is 0 Å². The van der Waals surface area contributed by atoms with Crippen molar-refractivity contribution in [2.24, 2.45) is 0 Å². The first kappa shape index (κ1) is 13.9. The van der Waals surface area contributed by atoms with Crippen LogP contribution in [0.25, 0.3) is 0 Å². The van der Waals surface area contributed by atoms with Crippen molar-refractivity contribution >= 4 is 17.1 Å². The number of hydrogen-bond acceptors (Lipinski definition) is 4. The molecule has 1 atom stereocenters. The van der Waals surface area contributed by atoms with Crippen molar-refractivity contribution in [3.05, 3.63) is 63.7 Å². The van der Waals surface area contributed by atoms with E-state index in [0.717, 1.165) is 16.9 Å². The molecule has 0 saturated carbocycles. The highest BCUT2D eigenvalue weighted by Gasteiger charge is 2.11. The fourth-order valence-electron chi connectivity index (χ4n) is 2.07. The third-order valence-corrected chi connectivity index (χ3v) is 3.21. The number of nitro groups is 1. The molecule has 0 aliphatic carbocycles. The maximum absolute atomic E-state index is 10.8. The minimum absolute atomic E-state index is 0.0939. The zero-order chi connectivity index (χ0) is 14.7. The van der Waals surface area contributed by atoms with E-state index in [9.17, 15) is 10.1 Å². The van der Waals surface area contributed by atoms with Gasteiger partial charge in [-0.3, -0.25) is 10.1 Å². The average molecular weight is 271 g/mol. The van der Waals surface area contributed by atoms with Crippen LogP contribution >= 0.6 is 0 Å². The van der Waals surface area contributed by atoms with E-state index < -0.39 is 0 Å². The van der Waals surface area contributed by atoms with Gasteiger partial charge in [0.25, 0.3) is 5.69 Å². The van der Waals surface area contributed by atoms with Gasteiger partial charge in [0.15, 0.2) is 0 Å². The van der Waals surface area contributed by atoms with E-state index >= 15 is 0 Å². The number of nitrogens with one attached hydrogen (secondary N) is 1. The zero-order valence-corrected chi connectivity index (χ0v) is 11.5. The maximum atomic E-state index is 10.8. The fourth-order valence-corrected chi connectivity index (χ4v) is 2.07. The van der Waals surface area contributed by atoms with E-state index in [2.05, 4.69) is 5.32 Å². The van der Waals surface area contributed by atoms with Crippen molar-refractivity contribution in [1.82, 2.24) is 0 Å². The first-order valence-corrected chi connectivity index (χ1v) is 6.34. The van der Waals surface area contributed by atoms with Crippen LogP contribution in [0.2, 0.25) is 0 Å². The quantitative estimate of drug-likeness (QED) is 0.505. The summed E-state index contributed by atoms with van der Waals surface area (Å²) in [6, 6.07) is 12.8. The molecule has 2 aromatic rings. The van der Waals surface area contributed by atoms with Crippen LogP contribution in [0, 0.1) is 17.0 Å². The molecule has 0 amide bonds. The second-order valence-corrected chi connectivity index (χ2v) is 4.79. The van der Waals surface area contributed by atoms with E-state index in [1.807, 2.05) is 31.2 Å². The fraction of sp³-hybridized carbons (Fsp3) is 0.200. The Morgan fingerprint density at radius 1 is 1.20 bits per heavy atom. The summed E-state index contributed by atoms with van der Waals surface area (Å²) in [7, 11) is 0. The lowest BCUT2D eigenvalue weighted by molar-refractivity contribution is -0.385. The van der Waals surface area contributed by atoms with E-state index in [4.69, 9.17) is 5.73 Å². The number of aryl methyl sites for hydroxylation is 1. The van der Waals surface area contributed by atoms with Crippen LogP contribution in [-0.4, -0.2) is 4.92 Å². The number of nitro benzene ring substituents is 1. The van der Waals surface area contributed by atoms with Gasteiger partial charge in [-0.15, -0.1) is 0 Å². The zero-order valence-electron chi connectivity index (χ0n) is 11.5. The largest absolute Gasteiger partial charge is 0.399 e. The van der Waals surface area contributed by atoms with Crippen LogP contribution in [0.1, 0.15) is 24.1 Å². The lowest BCUT2D eigenvalue weighted by Crippen LogP contribution is -2.07. The first-order chi connectivity index (χ1) is 9.47. The van der Waals surface area contributed by atoms with Crippen LogP contribution in [-0.2, 0) is 0 Å². The molecule has 0 saturated heterocycles. The minimum Gasteiger partial charge on any atom is -0.399 e. The van der Waals surface area contributed by atoms with Crippen molar-refractivity contribution in [2.45, 2.75) is 19.9 Å². The SMILES string of the molecule is Cc1cc(NC(C)c2ccc(N)cc2)ccc1[N+](=O)[O-]. The molecule has 3 N–H and O–H groups in total. The summed E-state index contributed by atoms with van der Waals surface area (Å²) >= 11 is 0. The Hall–Kier alpha value is -2.56. The normalized spacial score (nSPS) is 11.9. The smallest absolute Gasteiger partial charge is 0.272 e. The molecule has 5 nitrogen and oxygen atoms in total. The standard InChI is InChI=1S/C15H17N3O2/c1-10-9-14(7-8-15(10)18(19)20)17-11(2)12-3-5-13(16)6-4-12/h3-9,11,17H,16H2,1-2H3. The summed E-state index contributed by atoms with van der Waals surface area (Å²) in [5.74, 6) is 0. The van der Waals surface area contributed by atoms with Crippen LogP contribution < -0.4 is 11.1 Å². The van der Waals surface area contributed by atoms with Crippen LogP contribution in [0.3, 0.4) is 0 Å². The Labute approximate surface area is 117 Å². The van der Waals surface area contributed by atoms with E-state index in [-0.39, 0.29) is 16.7 Å². The molecule has 0 heterocycles. The monoisotopic (exact) mass is 271 g/mol. The van der Waals surface area contributed by atoms with Crippen LogP contribution in [0.15, 0.2) is 42.5 Å². The molecule has 5 heteroatoms. The molecule has 0 radical (unpaired) electrons. The second-order valence-electron chi connectivity index (χ2n) is 4.79. The lowest BCUT2D eigenvalue weighted by Gasteiger charge is -2.16.